The molecular weight excluding hydrogens is 186 g/mol. The predicted octanol–water partition coefficient (Wildman–Crippen LogP) is 0.213. The van der Waals surface area contributed by atoms with Crippen molar-refractivity contribution in [2.24, 2.45) is 5.73 Å². The van der Waals surface area contributed by atoms with Crippen molar-refractivity contribution in [3.05, 3.63) is 23.8 Å². The number of aromatic hydroxyl groups is 2. The van der Waals surface area contributed by atoms with Gasteiger partial charge in [0.15, 0.2) is 0 Å². The van der Waals surface area contributed by atoms with Crippen LogP contribution in [0.25, 0.3) is 0 Å². The van der Waals surface area contributed by atoms with Crippen LogP contribution in [0.5, 0.6) is 11.5 Å². The highest BCUT2D eigenvalue weighted by Gasteiger charge is 2.12. The molecule has 76 valence electrons. The molecule has 0 atom stereocenters. The Morgan fingerprint density at radius 2 is 2.14 bits per heavy atom. The van der Waals surface area contributed by atoms with Crippen LogP contribution in [-0.4, -0.2) is 29.3 Å². The van der Waals surface area contributed by atoms with Crippen LogP contribution in [0, 0.1) is 0 Å². The average molecular weight is 197 g/mol. The standard InChI is InChI=1S/C9H11NO4/c10-3-4-14-9(13)7-2-1-6(11)5-8(7)12/h1-2,5,11-12H,3-4,10H2. The molecule has 0 aliphatic rings. The second kappa shape index (κ2) is 4.48. The van der Waals surface area contributed by atoms with Gasteiger partial charge in [-0.05, 0) is 12.1 Å². The van der Waals surface area contributed by atoms with Crippen LogP contribution in [0.15, 0.2) is 18.2 Å². The first-order valence-corrected chi connectivity index (χ1v) is 4.04. The van der Waals surface area contributed by atoms with Crippen molar-refractivity contribution >= 4 is 5.97 Å². The minimum absolute atomic E-state index is 0.0104. The van der Waals surface area contributed by atoms with Gasteiger partial charge < -0.3 is 20.7 Å². The van der Waals surface area contributed by atoms with E-state index < -0.39 is 5.97 Å². The van der Waals surface area contributed by atoms with Crippen LogP contribution in [0.1, 0.15) is 10.4 Å². The van der Waals surface area contributed by atoms with E-state index in [1.165, 1.54) is 12.1 Å². The number of ether oxygens (including phenoxy) is 1. The molecule has 0 aliphatic carbocycles. The van der Waals surface area contributed by atoms with E-state index in [-0.39, 0.29) is 30.2 Å². The Kier molecular flexibility index (Phi) is 3.30. The van der Waals surface area contributed by atoms with Crippen molar-refractivity contribution in [1.82, 2.24) is 0 Å². The number of carbonyl (C=O) groups is 1. The van der Waals surface area contributed by atoms with Gasteiger partial charge in [-0.1, -0.05) is 0 Å². The second-order valence-electron chi connectivity index (χ2n) is 2.63. The largest absolute Gasteiger partial charge is 0.508 e. The van der Waals surface area contributed by atoms with Gasteiger partial charge in [-0.3, -0.25) is 0 Å². The number of hydrogen-bond donors (Lipinski definition) is 3. The molecule has 0 bridgehead atoms. The Balaban J connectivity index is 2.80. The van der Waals surface area contributed by atoms with Crippen LogP contribution in [0.4, 0.5) is 0 Å². The topological polar surface area (TPSA) is 92.8 Å². The number of nitrogens with two attached hydrogens (primary N) is 1. The molecule has 5 heteroatoms. The van der Waals surface area contributed by atoms with Gasteiger partial charge in [0.05, 0.1) is 0 Å². The van der Waals surface area contributed by atoms with Crippen LogP contribution in [0.2, 0.25) is 0 Å². The van der Waals surface area contributed by atoms with Gasteiger partial charge in [-0.2, -0.15) is 0 Å². The number of carbonyl (C=O) groups excluding carboxylic acids is 1. The smallest absolute Gasteiger partial charge is 0.341 e. The maximum atomic E-state index is 11.2. The summed E-state index contributed by atoms with van der Waals surface area (Å²) in [7, 11) is 0. The Morgan fingerprint density at radius 1 is 1.43 bits per heavy atom. The van der Waals surface area contributed by atoms with Crippen molar-refractivity contribution in [3.8, 4) is 11.5 Å². The lowest BCUT2D eigenvalue weighted by Crippen LogP contribution is -2.13. The first kappa shape index (κ1) is 10.3. The molecule has 0 aliphatic heterocycles. The maximum Gasteiger partial charge on any atom is 0.341 e. The summed E-state index contributed by atoms with van der Waals surface area (Å²) >= 11 is 0. The van der Waals surface area contributed by atoms with Gasteiger partial charge in [-0.15, -0.1) is 0 Å². The van der Waals surface area contributed by atoms with Gasteiger partial charge in [0, 0.05) is 12.6 Å². The fourth-order valence-corrected chi connectivity index (χ4v) is 0.922. The first-order valence-electron chi connectivity index (χ1n) is 4.04. The Labute approximate surface area is 80.7 Å². The van der Waals surface area contributed by atoms with Crippen LogP contribution in [-0.2, 0) is 4.74 Å². The van der Waals surface area contributed by atoms with Crippen LogP contribution >= 0.6 is 0 Å². The zero-order chi connectivity index (χ0) is 10.6. The van der Waals surface area contributed by atoms with E-state index in [9.17, 15) is 9.90 Å². The SMILES string of the molecule is NCCOC(=O)c1ccc(O)cc1O. The summed E-state index contributed by atoms with van der Waals surface area (Å²) < 4.78 is 4.69. The molecule has 14 heavy (non-hydrogen) atoms. The predicted molar refractivity (Wildman–Crippen MR) is 49.1 cm³/mol. The summed E-state index contributed by atoms with van der Waals surface area (Å²) in [6, 6.07) is 3.64. The molecule has 1 aromatic rings. The summed E-state index contributed by atoms with van der Waals surface area (Å²) in [6.45, 7) is 0.323. The van der Waals surface area contributed by atoms with Crippen molar-refractivity contribution in [2.45, 2.75) is 0 Å². The van der Waals surface area contributed by atoms with E-state index in [4.69, 9.17) is 15.6 Å². The molecule has 5 nitrogen and oxygen atoms in total. The van der Waals surface area contributed by atoms with Gasteiger partial charge in [-0.25, -0.2) is 4.79 Å². The summed E-state index contributed by atoms with van der Waals surface area (Å²) in [5, 5.41) is 18.2. The van der Waals surface area contributed by atoms with Crippen molar-refractivity contribution in [2.75, 3.05) is 13.2 Å². The van der Waals surface area contributed by atoms with E-state index in [2.05, 4.69) is 0 Å². The minimum Gasteiger partial charge on any atom is -0.508 e. The maximum absolute atomic E-state index is 11.2. The molecule has 0 unspecified atom stereocenters. The van der Waals surface area contributed by atoms with E-state index >= 15 is 0 Å². The number of benzene rings is 1. The number of hydrogen-bond acceptors (Lipinski definition) is 5. The molecule has 1 rings (SSSR count). The third kappa shape index (κ3) is 2.37. The first-order chi connectivity index (χ1) is 6.65. The summed E-state index contributed by atoms with van der Waals surface area (Å²) in [6.07, 6.45) is 0. The van der Waals surface area contributed by atoms with Gasteiger partial charge >= 0.3 is 5.97 Å². The molecule has 0 saturated heterocycles. The molecule has 4 N–H and O–H groups in total. The van der Waals surface area contributed by atoms with Crippen LogP contribution in [0.3, 0.4) is 0 Å². The lowest BCUT2D eigenvalue weighted by Gasteiger charge is -2.04. The Morgan fingerprint density at radius 3 is 2.71 bits per heavy atom. The van der Waals surface area contributed by atoms with Crippen molar-refractivity contribution in [1.29, 1.82) is 0 Å². The molecule has 1 aromatic carbocycles. The number of esters is 1. The molecule has 0 fully saturated rings. The third-order valence-corrected chi connectivity index (χ3v) is 1.55. The quantitative estimate of drug-likeness (QED) is 0.602. The summed E-state index contributed by atoms with van der Waals surface area (Å²) in [5.41, 5.74) is 5.15. The highest BCUT2D eigenvalue weighted by Crippen LogP contribution is 2.22. The molecule has 0 aromatic heterocycles. The van der Waals surface area contributed by atoms with Crippen LogP contribution < -0.4 is 5.73 Å². The molecule has 0 saturated carbocycles. The minimum atomic E-state index is -0.659. The molecule has 0 radical (unpaired) electrons. The molecule has 0 heterocycles. The number of rotatable bonds is 3. The lowest BCUT2D eigenvalue weighted by atomic mass is 10.2. The van der Waals surface area contributed by atoms with Gasteiger partial charge in [0.25, 0.3) is 0 Å². The van der Waals surface area contributed by atoms with E-state index in [1.54, 1.807) is 0 Å². The molecule has 0 spiro atoms. The zero-order valence-electron chi connectivity index (χ0n) is 7.43. The van der Waals surface area contributed by atoms with E-state index in [1.807, 2.05) is 0 Å². The molecular formula is C9H11NO4. The lowest BCUT2D eigenvalue weighted by molar-refractivity contribution is 0.0513. The highest BCUT2D eigenvalue weighted by atomic mass is 16.5. The third-order valence-electron chi connectivity index (χ3n) is 1.55. The Bertz CT molecular complexity index is 338. The number of phenolic OH excluding ortho intramolecular Hbond substituents is 2. The zero-order valence-corrected chi connectivity index (χ0v) is 7.43. The van der Waals surface area contributed by atoms with Gasteiger partial charge in [0.2, 0.25) is 0 Å². The van der Waals surface area contributed by atoms with Gasteiger partial charge in [0.1, 0.15) is 23.7 Å². The van der Waals surface area contributed by atoms with Crippen molar-refractivity contribution in [3.63, 3.8) is 0 Å². The average Bonchev–Trinajstić information content (AvgIpc) is 2.14. The monoisotopic (exact) mass is 197 g/mol. The summed E-state index contributed by atoms with van der Waals surface area (Å²) in [4.78, 5) is 11.2. The van der Waals surface area contributed by atoms with E-state index in [0.29, 0.717) is 0 Å². The fourth-order valence-electron chi connectivity index (χ4n) is 0.922. The fraction of sp³-hybridized carbons (Fsp3) is 0.222. The van der Waals surface area contributed by atoms with E-state index in [0.717, 1.165) is 6.07 Å². The summed E-state index contributed by atoms with van der Waals surface area (Å²) in [5.74, 6) is -1.09. The normalized spacial score (nSPS) is 9.79. The highest BCUT2D eigenvalue weighted by molar-refractivity contribution is 5.92. The number of phenols is 2. The van der Waals surface area contributed by atoms with Crippen molar-refractivity contribution < 1.29 is 19.7 Å². The molecule has 0 amide bonds. The second-order valence-corrected chi connectivity index (χ2v) is 2.63. The Hall–Kier alpha value is -1.75.